The molecule has 2 aliphatic rings. The lowest BCUT2D eigenvalue weighted by Gasteiger charge is -2.56. The number of esters is 1. The van der Waals surface area contributed by atoms with Crippen molar-refractivity contribution in [3.63, 3.8) is 0 Å². The molecule has 2 aliphatic carbocycles. The minimum absolute atomic E-state index is 0.0117. The average molecular weight is 376 g/mol. The van der Waals surface area contributed by atoms with Crippen molar-refractivity contribution < 1.29 is 24.2 Å². The molecule has 5 heteroatoms. The van der Waals surface area contributed by atoms with Crippen LogP contribution in [0.2, 0.25) is 0 Å². The third kappa shape index (κ3) is 4.88. The van der Waals surface area contributed by atoms with Gasteiger partial charge in [0.15, 0.2) is 0 Å². The van der Waals surface area contributed by atoms with E-state index in [0.717, 1.165) is 25.2 Å². The summed E-state index contributed by atoms with van der Waals surface area (Å²) in [6.07, 6.45) is 11.0. The maximum Gasteiger partial charge on any atom is 0.328 e. The van der Waals surface area contributed by atoms with Crippen LogP contribution < -0.4 is 0 Å². The first-order valence-corrected chi connectivity index (χ1v) is 9.79. The van der Waals surface area contributed by atoms with Crippen LogP contribution in [-0.2, 0) is 19.1 Å². The van der Waals surface area contributed by atoms with E-state index in [0.29, 0.717) is 24.3 Å². The molecule has 1 saturated carbocycles. The quantitative estimate of drug-likeness (QED) is 0.312. The summed E-state index contributed by atoms with van der Waals surface area (Å²) < 4.78 is 5.01. The number of aliphatic carboxylic acids is 1. The molecule has 27 heavy (non-hydrogen) atoms. The Labute approximate surface area is 161 Å². The minimum Gasteiger partial charge on any atom is -0.478 e. The van der Waals surface area contributed by atoms with Gasteiger partial charge in [-0.05, 0) is 53.9 Å². The fourth-order valence-electron chi connectivity index (χ4n) is 5.40. The first-order valence-electron chi connectivity index (χ1n) is 9.79. The van der Waals surface area contributed by atoms with Gasteiger partial charge < -0.3 is 14.6 Å². The van der Waals surface area contributed by atoms with E-state index >= 15 is 0 Å². The predicted octanol–water partition coefficient (Wildman–Crippen LogP) is 4.17. The van der Waals surface area contributed by atoms with Gasteiger partial charge in [0.2, 0.25) is 0 Å². The van der Waals surface area contributed by atoms with Crippen LogP contribution in [0.4, 0.5) is 0 Å². The zero-order valence-corrected chi connectivity index (χ0v) is 16.9. The molecule has 1 N–H and O–H groups in total. The van der Waals surface area contributed by atoms with Gasteiger partial charge in [-0.25, -0.2) is 4.79 Å². The number of hydrogen-bond acceptors (Lipinski definition) is 4. The van der Waals surface area contributed by atoms with Gasteiger partial charge in [0.05, 0.1) is 0 Å². The van der Waals surface area contributed by atoms with E-state index in [4.69, 9.17) is 9.84 Å². The Bertz CT molecular complexity index is 645. The van der Waals surface area contributed by atoms with Crippen LogP contribution in [0.1, 0.15) is 59.8 Å². The number of aldehydes is 1. The number of allylic oxidation sites excluding steroid dienone is 2. The van der Waals surface area contributed by atoms with Crippen molar-refractivity contribution in [3.8, 4) is 0 Å². The number of hydrogen-bond donors (Lipinski definition) is 1. The molecular formula is C22H32O5. The Morgan fingerprint density at radius 3 is 2.52 bits per heavy atom. The Hall–Kier alpha value is -1.91. The first-order chi connectivity index (χ1) is 12.6. The molecule has 0 heterocycles. The van der Waals surface area contributed by atoms with Gasteiger partial charge in [-0.1, -0.05) is 39.3 Å². The summed E-state index contributed by atoms with van der Waals surface area (Å²) in [5, 5.41) is 9.11. The van der Waals surface area contributed by atoms with Crippen LogP contribution in [-0.4, -0.2) is 29.9 Å². The second kappa shape index (κ2) is 8.41. The molecule has 0 aliphatic heterocycles. The SMILES string of the molecule is CC(=O)OCC(=CC(=O)O)CCC1C(C=O)C=CC2C(C)(C)CCCC12C. The van der Waals surface area contributed by atoms with E-state index in [1.807, 2.05) is 6.08 Å². The average Bonchev–Trinajstić information content (AvgIpc) is 2.56. The number of ether oxygens (including phenoxy) is 1. The fourth-order valence-corrected chi connectivity index (χ4v) is 5.40. The monoisotopic (exact) mass is 376 g/mol. The summed E-state index contributed by atoms with van der Waals surface area (Å²) in [6.45, 7) is 8.18. The second-order valence-electron chi connectivity index (χ2n) is 8.99. The lowest BCUT2D eigenvalue weighted by atomic mass is 9.48. The van der Waals surface area contributed by atoms with Crippen molar-refractivity contribution >= 4 is 18.2 Å². The molecule has 2 rings (SSSR count). The highest BCUT2D eigenvalue weighted by atomic mass is 16.5. The van der Waals surface area contributed by atoms with Crippen molar-refractivity contribution in [2.75, 3.05) is 6.61 Å². The molecule has 4 atom stereocenters. The molecule has 0 saturated heterocycles. The largest absolute Gasteiger partial charge is 0.478 e. The van der Waals surface area contributed by atoms with Gasteiger partial charge >= 0.3 is 11.9 Å². The number of carboxylic acids is 1. The van der Waals surface area contributed by atoms with Gasteiger partial charge in [0, 0.05) is 18.9 Å². The van der Waals surface area contributed by atoms with Gasteiger partial charge in [0.25, 0.3) is 0 Å². The van der Waals surface area contributed by atoms with Crippen LogP contribution in [0, 0.1) is 28.6 Å². The van der Waals surface area contributed by atoms with Gasteiger partial charge in [-0.3, -0.25) is 4.79 Å². The van der Waals surface area contributed by atoms with Gasteiger partial charge in [-0.2, -0.15) is 0 Å². The van der Waals surface area contributed by atoms with Gasteiger partial charge in [-0.15, -0.1) is 0 Å². The van der Waals surface area contributed by atoms with Crippen molar-refractivity contribution in [1.82, 2.24) is 0 Å². The summed E-state index contributed by atoms with van der Waals surface area (Å²) in [5.74, 6) is -1.08. The number of rotatable bonds is 7. The highest BCUT2D eigenvalue weighted by molar-refractivity contribution is 5.80. The maximum absolute atomic E-state index is 11.8. The number of carbonyl (C=O) groups excluding carboxylic acids is 2. The maximum atomic E-state index is 11.8. The molecule has 0 radical (unpaired) electrons. The molecule has 0 aromatic heterocycles. The molecule has 0 amide bonds. The second-order valence-corrected chi connectivity index (χ2v) is 8.99. The number of fused-ring (bicyclic) bond motifs is 1. The summed E-state index contributed by atoms with van der Waals surface area (Å²) >= 11 is 0. The molecule has 150 valence electrons. The third-order valence-corrected chi connectivity index (χ3v) is 6.65. The van der Waals surface area contributed by atoms with Gasteiger partial charge in [0.1, 0.15) is 12.9 Å². The van der Waals surface area contributed by atoms with E-state index < -0.39 is 11.9 Å². The Morgan fingerprint density at radius 2 is 1.93 bits per heavy atom. The lowest BCUT2D eigenvalue weighted by Crippen LogP contribution is -2.49. The smallest absolute Gasteiger partial charge is 0.328 e. The van der Waals surface area contributed by atoms with Crippen LogP contribution in [0.5, 0.6) is 0 Å². The summed E-state index contributed by atoms with van der Waals surface area (Å²) in [6, 6.07) is 0. The van der Waals surface area contributed by atoms with Crippen LogP contribution in [0.3, 0.4) is 0 Å². The van der Waals surface area contributed by atoms with Crippen molar-refractivity contribution in [2.24, 2.45) is 28.6 Å². The molecule has 0 bridgehead atoms. The molecule has 1 fully saturated rings. The predicted molar refractivity (Wildman–Crippen MR) is 103 cm³/mol. The Kier molecular flexibility index (Phi) is 6.66. The zero-order valence-electron chi connectivity index (χ0n) is 16.9. The van der Waals surface area contributed by atoms with E-state index in [1.54, 1.807) is 0 Å². The summed E-state index contributed by atoms with van der Waals surface area (Å²) in [7, 11) is 0. The third-order valence-electron chi connectivity index (χ3n) is 6.65. The molecule has 4 unspecified atom stereocenters. The summed E-state index contributed by atoms with van der Waals surface area (Å²) in [4.78, 5) is 34.0. The zero-order chi connectivity index (χ0) is 20.2. The van der Waals surface area contributed by atoms with E-state index in [1.165, 1.54) is 13.3 Å². The van der Waals surface area contributed by atoms with Crippen molar-refractivity contribution in [1.29, 1.82) is 0 Å². The highest BCUT2D eigenvalue weighted by Crippen LogP contribution is 2.59. The molecule has 5 nitrogen and oxygen atoms in total. The molecule has 0 spiro atoms. The fraction of sp³-hybridized carbons (Fsp3) is 0.682. The van der Waals surface area contributed by atoms with Crippen LogP contribution >= 0.6 is 0 Å². The van der Waals surface area contributed by atoms with Crippen molar-refractivity contribution in [3.05, 3.63) is 23.8 Å². The Morgan fingerprint density at radius 1 is 1.22 bits per heavy atom. The topological polar surface area (TPSA) is 80.7 Å². The number of carboxylic acid groups (broad SMARTS) is 1. The highest BCUT2D eigenvalue weighted by Gasteiger charge is 2.52. The first kappa shape index (κ1) is 21.4. The normalized spacial score (nSPS) is 32.4. The lowest BCUT2D eigenvalue weighted by molar-refractivity contribution is -0.140. The molecular weight excluding hydrogens is 344 g/mol. The molecule has 0 aromatic rings. The Balaban J connectivity index is 2.23. The standard InChI is InChI=1S/C22H32O5/c1-15(24)27-14-16(12-20(25)26)6-8-18-17(13-23)7-9-19-21(2,3)10-5-11-22(18,19)4/h7,9,12-13,17-19H,5-6,8,10-11,14H2,1-4H3,(H,25,26). The van der Waals surface area contributed by atoms with E-state index in [2.05, 4.69) is 26.8 Å². The summed E-state index contributed by atoms with van der Waals surface area (Å²) in [5.41, 5.74) is 0.775. The van der Waals surface area contributed by atoms with E-state index in [9.17, 15) is 14.4 Å². The van der Waals surface area contributed by atoms with E-state index in [-0.39, 0.29) is 29.3 Å². The molecule has 0 aromatic carbocycles. The number of carbonyl (C=O) groups is 3. The van der Waals surface area contributed by atoms with Crippen molar-refractivity contribution in [2.45, 2.75) is 59.8 Å². The minimum atomic E-state index is -1.05. The van der Waals surface area contributed by atoms with Crippen LogP contribution in [0.25, 0.3) is 0 Å². The van der Waals surface area contributed by atoms with Crippen LogP contribution in [0.15, 0.2) is 23.8 Å².